The van der Waals surface area contributed by atoms with Crippen molar-refractivity contribution in [3.05, 3.63) is 12.4 Å². The Hall–Kier alpha value is -0.920. The highest BCUT2D eigenvalue weighted by Gasteiger charge is 2.20. The van der Waals surface area contributed by atoms with Gasteiger partial charge >= 0.3 is 0 Å². The Morgan fingerprint density at radius 1 is 1.50 bits per heavy atom. The number of hydrogen-bond acceptors (Lipinski definition) is 4. The van der Waals surface area contributed by atoms with Crippen LogP contribution in [0.4, 0.5) is 0 Å². The molecule has 7 heteroatoms. The topological polar surface area (TPSA) is 76.0 Å². The molecule has 114 valence electrons. The van der Waals surface area contributed by atoms with Gasteiger partial charge in [-0.15, -0.1) is 0 Å². The number of nitrogens with zero attached hydrogens (tertiary/aromatic N) is 2. The molecule has 0 saturated heterocycles. The third-order valence-corrected chi connectivity index (χ3v) is 4.97. The van der Waals surface area contributed by atoms with Crippen molar-refractivity contribution in [2.45, 2.75) is 50.6 Å². The maximum Gasteiger partial charge on any atom is 0.243 e. The van der Waals surface area contributed by atoms with E-state index in [0.717, 1.165) is 13.0 Å². The van der Waals surface area contributed by atoms with E-state index in [1.807, 2.05) is 13.8 Å². The molecule has 6 nitrogen and oxygen atoms in total. The first-order valence-corrected chi connectivity index (χ1v) is 8.75. The lowest BCUT2D eigenvalue weighted by atomic mass is 10.1. The Kier molecular flexibility index (Phi) is 5.17. The highest BCUT2D eigenvalue weighted by molar-refractivity contribution is 7.89. The Bertz CT molecular complexity index is 522. The van der Waals surface area contributed by atoms with Crippen LogP contribution in [0.15, 0.2) is 17.3 Å². The molecule has 2 N–H and O–H groups in total. The lowest BCUT2D eigenvalue weighted by Crippen LogP contribution is -2.28. The first-order chi connectivity index (χ1) is 9.51. The van der Waals surface area contributed by atoms with Crippen LogP contribution >= 0.6 is 0 Å². The second-order valence-electron chi connectivity index (χ2n) is 5.53. The van der Waals surface area contributed by atoms with Crippen LogP contribution < -0.4 is 10.0 Å². The van der Waals surface area contributed by atoms with E-state index in [2.05, 4.69) is 15.1 Å². The summed E-state index contributed by atoms with van der Waals surface area (Å²) in [6.07, 6.45) is 6.45. The van der Waals surface area contributed by atoms with Gasteiger partial charge in [-0.1, -0.05) is 20.3 Å². The standard InChI is InChI=1S/C13H24N4O2S/c1-3-11(2)8-16-20(18,19)13-9-15-17(10-13)7-6-14-12-4-5-12/h9-12,14,16H,3-8H2,1-2H3. The molecule has 0 spiro atoms. The molecule has 1 aromatic rings. The van der Waals surface area contributed by atoms with Gasteiger partial charge in [0.05, 0.1) is 12.7 Å². The number of sulfonamides is 1. The van der Waals surface area contributed by atoms with Crippen LogP contribution in [-0.4, -0.2) is 37.3 Å². The monoisotopic (exact) mass is 300 g/mol. The molecule has 1 aliphatic rings. The number of aromatic nitrogens is 2. The van der Waals surface area contributed by atoms with Crippen molar-refractivity contribution >= 4 is 10.0 Å². The molecule has 1 aromatic heterocycles. The Balaban J connectivity index is 1.85. The molecule has 1 fully saturated rings. The van der Waals surface area contributed by atoms with E-state index in [1.165, 1.54) is 19.0 Å². The quantitative estimate of drug-likeness (QED) is 0.712. The molecule has 2 rings (SSSR count). The largest absolute Gasteiger partial charge is 0.312 e. The molecule has 1 heterocycles. The maximum absolute atomic E-state index is 12.1. The molecular formula is C13H24N4O2S. The summed E-state index contributed by atoms with van der Waals surface area (Å²) >= 11 is 0. The minimum absolute atomic E-state index is 0.243. The fourth-order valence-corrected chi connectivity index (χ4v) is 2.87. The second-order valence-corrected chi connectivity index (χ2v) is 7.30. The zero-order valence-corrected chi connectivity index (χ0v) is 13.0. The number of rotatable bonds is 9. The zero-order chi connectivity index (χ0) is 14.6. The fourth-order valence-electron chi connectivity index (χ4n) is 1.76. The lowest BCUT2D eigenvalue weighted by Gasteiger charge is -2.09. The summed E-state index contributed by atoms with van der Waals surface area (Å²) < 4.78 is 28.5. The van der Waals surface area contributed by atoms with Gasteiger partial charge < -0.3 is 5.32 Å². The molecule has 0 aromatic carbocycles. The maximum atomic E-state index is 12.1. The van der Waals surface area contributed by atoms with Crippen LogP contribution in [0.1, 0.15) is 33.1 Å². The molecule has 1 atom stereocenters. The molecule has 0 aliphatic heterocycles. The molecule has 20 heavy (non-hydrogen) atoms. The Morgan fingerprint density at radius 2 is 2.25 bits per heavy atom. The predicted molar refractivity (Wildman–Crippen MR) is 77.9 cm³/mol. The van der Waals surface area contributed by atoms with Gasteiger partial charge in [-0.2, -0.15) is 5.10 Å². The van der Waals surface area contributed by atoms with E-state index in [1.54, 1.807) is 10.9 Å². The first kappa shape index (κ1) is 15.5. The highest BCUT2D eigenvalue weighted by atomic mass is 32.2. The van der Waals surface area contributed by atoms with Crippen molar-refractivity contribution in [1.82, 2.24) is 19.8 Å². The Labute approximate surface area is 121 Å². The van der Waals surface area contributed by atoms with Crippen LogP contribution in [0.5, 0.6) is 0 Å². The van der Waals surface area contributed by atoms with Gasteiger partial charge in [-0.3, -0.25) is 4.68 Å². The van der Waals surface area contributed by atoms with Crippen molar-refractivity contribution in [3.63, 3.8) is 0 Å². The van der Waals surface area contributed by atoms with E-state index < -0.39 is 10.0 Å². The van der Waals surface area contributed by atoms with Crippen molar-refractivity contribution in [1.29, 1.82) is 0 Å². The van der Waals surface area contributed by atoms with Gasteiger partial charge in [0.25, 0.3) is 0 Å². The fraction of sp³-hybridized carbons (Fsp3) is 0.769. The van der Waals surface area contributed by atoms with E-state index in [0.29, 0.717) is 25.0 Å². The van der Waals surface area contributed by atoms with Gasteiger partial charge in [-0.25, -0.2) is 13.1 Å². The van der Waals surface area contributed by atoms with E-state index in [9.17, 15) is 8.42 Å². The van der Waals surface area contributed by atoms with Gasteiger partial charge in [0.1, 0.15) is 4.90 Å². The van der Waals surface area contributed by atoms with Crippen molar-refractivity contribution in [3.8, 4) is 0 Å². The van der Waals surface area contributed by atoms with Crippen LogP contribution in [0.3, 0.4) is 0 Å². The smallest absolute Gasteiger partial charge is 0.243 e. The summed E-state index contributed by atoms with van der Waals surface area (Å²) in [7, 11) is -3.43. The van der Waals surface area contributed by atoms with Crippen LogP contribution in [-0.2, 0) is 16.6 Å². The van der Waals surface area contributed by atoms with Crippen molar-refractivity contribution in [2.75, 3.05) is 13.1 Å². The minimum Gasteiger partial charge on any atom is -0.312 e. The molecule has 0 radical (unpaired) electrons. The van der Waals surface area contributed by atoms with E-state index in [4.69, 9.17) is 0 Å². The lowest BCUT2D eigenvalue weighted by molar-refractivity contribution is 0.528. The summed E-state index contributed by atoms with van der Waals surface area (Å²) in [5.74, 6) is 0.336. The first-order valence-electron chi connectivity index (χ1n) is 7.26. The average Bonchev–Trinajstić information content (AvgIpc) is 3.11. The second kappa shape index (κ2) is 6.69. The summed E-state index contributed by atoms with van der Waals surface area (Å²) in [5.41, 5.74) is 0. The van der Waals surface area contributed by atoms with Gasteiger partial charge in [0.2, 0.25) is 10.0 Å². The van der Waals surface area contributed by atoms with Crippen LogP contribution in [0.25, 0.3) is 0 Å². The molecule has 0 amide bonds. The third kappa shape index (κ3) is 4.57. The van der Waals surface area contributed by atoms with Crippen molar-refractivity contribution in [2.24, 2.45) is 5.92 Å². The summed E-state index contributed by atoms with van der Waals surface area (Å²) in [4.78, 5) is 0.243. The SMILES string of the molecule is CCC(C)CNS(=O)(=O)c1cnn(CCNC2CC2)c1. The minimum atomic E-state index is -3.43. The van der Waals surface area contributed by atoms with Crippen LogP contribution in [0, 0.1) is 5.92 Å². The summed E-state index contributed by atoms with van der Waals surface area (Å²) in [5, 5.41) is 7.48. The molecule has 1 unspecified atom stereocenters. The number of hydrogen-bond donors (Lipinski definition) is 2. The number of nitrogens with one attached hydrogen (secondary N) is 2. The van der Waals surface area contributed by atoms with Gasteiger partial charge in [0.15, 0.2) is 0 Å². The third-order valence-electron chi connectivity index (χ3n) is 3.59. The van der Waals surface area contributed by atoms with Gasteiger partial charge in [-0.05, 0) is 18.8 Å². The Morgan fingerprint density at radius 3 is 2.90 bits per heavy atom. The normalized spacial score (nSPS) is 17.3. The van der Waals surface area contributed by atoms with E-state index >= 15 is 0 Å². The van der Waals surface area contributed by atoms with Gasteiger partial charge in [0, 0.05) is 25.3 Å². The predicted octanol–water partition coefficient (Wildman–Crippen LogP) is 0.960. The summed E-state index contributed by atoms with van der Waals surface area (Å²) in [6, 6.07) is 0.658. The molecule has 1 aliphatic carbocycles. The summed E-state index contributed by atoms with van der Waals surface area (Å²) in [6.45, 7) is 6.05. The molecular weight excluding hydrogens is 276 g/mol. The van der Waals surface area contributed by atoms with E-state index in [-0.39, 0.29) is 4.90 Å². The average molecular weight is 300 g/mol. The molecule has 1 saturated carbocycles. The highest BCUT2D eigenvalue weighted by Crippen LogP contribution is 2.18. The van der Waals surface area contributed by atoms with Crippen LogP contribution in [0.2, 0.25) is 0 Å². The van der Waals surface area contributed by atoms with Crippen molar-refractivity contribution < 1.29 is 8.42 Å². The zero-order valence-electron chi connectivity index (χ0n) is 12.2. The molecule has 0 bridgehead atoms.